The lowest BCUT2D eigenvalue weighted by atomic mass is 10.1. The van der Waals surface area contributed by atoms with Crippen molar-refractivity contribution in [1.29, 1.82) is 0 Å². The standard InChI is InChI=1S/C15H13F3N2O3/c16-15(17,18)23-13-4-2-1-3-10(13)5-6-14-19-7-11(8-20-14)12(22)9-21/h1-4,7-8,21H,5-6,9H2. The molecule has 2 rings (SSSR count). The monoisotopic (exact) mass is 326 g/mol. The van der Waals surface area contributed by atoms with E-state index in [0.29, 0.717) is 11.4 Å². The van der Waals surface area contributed by atoms with Gasteiger partial charge in [0, 0.05) is 18.8 Å². The second kappa shape index (κ2) is 7.19. The second-order valence-electron chi connectivity index (χ2n) is 4.62. The summed E-state index contributed by atoms with van der Waals surface area (Å²) in [5.41, 5.74) is 0.556. The number of Topliss-reactive ketones (excluding diaryl/α,β-unsaturated/α-hetero) is 1. The van der Waals surface area contributed by atoms with E-state index in [1.165, 1.54) is 30.6 Å². The number of ether oxygens (including phenoxy) is 1. The van der Waals surface area contributed by atoms with Crippen LogP contribution in [0, 0.1) is 0 Å². The highest BCUT2D eigenvalue weighted by atomic mass is 19.4. The predicted molar refractivity (Wildman–Crippen MR) is 74.0 cm³/mol. The van der Waals surface area contributed by atoms with Crippen LogP contribution in [0.4, 0.5) is 13.2 Å². The third-order valence-corrected chi connectivity index (χ3v) is 2.99. The van der Waals surface area contributed by atoms with Gasteiger partial charge in [-0.1, -0.05) is 18.2 Å². The summed E-state index contributed by atoms with van der Waals surface area (Å²) in [5, 5.41) is 8.72. The van der Waals surface area contributed by atoms with Gasteiger partial charge < -0.3 is 9.84 Å². The van der Waals surface area contributed by atoms with Gasteiger partial charge in [0.1, 0.15) is 18.2 Å². The average Bonchev–Trinajstić information content (AvgIpc) is 2.52. The lowest BCUT2D eigenvalue weighted by Crippen LogP contribution is -2.18. The fourth-order valence-corrected chi connectivity index (χ4v) is 1.90. The summed E-state index contributed by atoms with van der Waals surface area (Å²) < 4.78 is 41.0. The molecule has 0 radical (unpaired) electrons. The molecule has 0 aliphatic heterocycles. The largest absolute Gasteiger partial charge is 0.573 e. The summed E-state index contributed by atoms with van der Waals surface area (Å²) in [6.07, 6.45) is -1.66. The van der Waals surface area contributed by atoms with E-state index < -0.39 is 18.8 Å². The van der Waals surface area contributed by atoms with Crippen molar-refractivity contribution >= 4 is 5.78 Å². The van der Waals surface area contributed by atoms with Crippen LogP contribution in [0.25, 0.3) is 0 Å². The minimum atomic E-state index is -4.75. The topological polar surface area (TPSA) is 72.3 Å². The van der Waals surface area contributed by atoms with E-state index >= 15 is 0 Å². The van der Waals surface area contributed by atoms with Crippen LogP contribution in [0.2, 0.25) is 0 Å². The molecule has 0 saturated heterocycles. The molecule has 0 aliphatic carbocycles. The van der Waals surface area contributed by atoms with Crippen molar-refractivity contribution < 1.29 is 27.8 Å². The fraction of sp³-hybridized carbons (Fsp3) is 0.267. The number of rotatable bonds is 6. The van der Waals surface area contributed by atoms with E-state index in [1.54, 1.807) is 6.07 Å². The van der Waals surface area contributed by atoms with E-state index in [0.717, 1.165) is 0 Å². The molecule has 0 fully saturated rings. The van der Waals surface area contributed by atoms with E-state index in [9.17, 15) is 18.0 Å². The van der Waals surface area contributed by atoms with Crippen molar-refractivity contribution in [3.8, 4) is 5.75 Å². The van der Waals surface area contributed by atoms with Gasteiger partial charge in [-0.3, -0.25) is 4.79 Å². The van der Waals surface area contributed by atoms with Gasteiger partial charge in [-0.25, -0.2) is 9.97 Å². The number of aromatic nitrogens is 2. The number of benzene rings is 1. The molecule has 1 N–H and O–H groups in total. The number of halogens is 3. The highest BCUT2D eigenvalue weighted by Gasteiger charge is 2.31. The third-order valence-electron chi connectivity index (χ3n) is 2.99. The molecule has 2 aromatic rings. The zero-order valence-electron chi connectivity index (χ0n) is 11.9. The molecule has 1 aromatic heterocycles. The predicted octanol–water partition coefficient (Wildman–Crippen LogP) is 2.34. The average molecular weight is 326 g/mol. The van der Waals surface area contributed by atoms with Gasteiger partial charge in [0.2, 0.25) is 0 Å². The van der Waals surface area contributed by atoms with Crippen LogP contribution in [0.3, 0.4) is 0 Å². The highest BCUT2D eigenvalue weighted by Crippen LogP contribution is 2.26. The van der Waals surface area contributed by atoms with Gasteiger partial charge in [-0.15, -0.1) is 13.2 Å². The molecule has 1 heterocycles. The number of hydrogen-bond donors (Lipinski definition) is 1. The number of hydrogen-bond acceptors (Lipinski definition) is 5. The quantitative estimate of drug-likeness (QED) is 0.825. The van der Waals surface area contributed by atoms with Gasteiger partial charge in [-0.05, 0) is 18.1 Å². The van der Waals surface area contributed by atoms with Gasteiger partial charge >= 0.3 is 6.36 Å². The normalized spacial score (nSPS) is 11.3. The molecular weight excluding hydrogens is 313 g/mol. The van der Waals surface area contributed by atoms with Gasteiger partial charge in [-0.2, -0.15) is 0 Å². The number of carbonyl (C=O) groups excluding carboxylic acids is 1. The van der Waals surface area contributed by atoms with Crippen LogP contribution in [0.15, 0.2) is 36.7 Å². The summed E-state index contributed by atoms with van der Waals surface area (Å²) in [6, 6.07) is 5.84. The summed E-state index contributed by atoms with van der Waals surface area (Å²) in [6.45, 7) is -0.634. The van der Waals surface area contributed by atoms with Crippen molar-refractivity contribution in [3.63, 3.8) is 0 Å². The van der Waals surface area contributed by atoms with Crippen molar-refractivity contribution in [1.82, 2.24) is 9.97 Å². The van der Waals surface area contributed by atoms with Crippen molar-refractivity contribution in [2.45, 2.75) is 19.2 Å². The van der Waals surface area contributed by atoms with E-state index in [-0.39, 0.29) is 24.2 Å². The molecule has 5 nitrogen and oxygen atoms in total. The van der Waals surface area contributed by atoms with Crippen LogP contribution >= 0.6 is 0 Å². The Bertz CT molecular complexity index is 672. The van der Waals surface area contributed by atoms with Crippen LogP contribution in [0.5, 0.6) is 5.75 Å². The first-order chi connectivity index (χ1) is 10.9. The summed E-state index contributed by atoms with van der Waals surface area (Å²) >= 11 is 0. The molecule has 1 aromatic carbocycles. The fourth-order valence-electron chi connectivity index (χ4n) is 1.90. The maximum atomic E-state index is 12.3. The number of aliphatic hydroxyl groups excluding tert-OH is 1. The van der Waals surface area contributed by atoms with Gasteiger partial charge in [0.15, 0.2) is 5.78 Å². The third kappa shape index (κ3) is 5.03. The number of aliphatic hydroxyl groups is 1. The van der Waals surface area contributed by atoms with Crippen LogP contribution in [-0.4, -0.2) is 33.8 Å². The lowest BCUT2D eigenvalue weighted by molar-refractivity contribution is -0.274. The first kappa shape index (κ1) is 16.9. The molecule has 122 valence electrons. The summed E-state index contributed by atoms with van der Waals surface area (Å²) in [7, 11) is 0. The Labute approximate surface area is 129 Å². The smallest absolute Gasteiger partial charge is 0.406 e. The molecule has 0 bridgehead atoms. The number of ketones is 1. The van der Waals surface area contributed by atoms with Crippen LogP contribution in [0.1, 0.15) is 21.7 Å². The van der Waals surface area contributed by atoms with Gasteiger partial charge in [0.05, 0.1) is 5.56 Å². The lowest BCUT2D eigenvalue weighted by Gasteiger charge is -2.12. The molecular formula is C15H13F3N2O3. The van der Waals surface area contributed by atoms with Crippen LogP contribution in [-0.2, 0) is 12.8 Å². The van der Waals surface area contributed by atoms with E-state index in [2.05, 4.69) is 14.7 Å². The molecule has 0 spiro atoms. The van der Waals surface area contributed by atoms with Gasteiger partial charge in [0.25, 0.3) is 0 Å². The number of para-hydroxylation sites is 1. The molecule has 8 heteroatoms. The Morgan fingerprint density at radius 3 is 2.39 bits per heavy atom. The van der Waals surface area contributed by atoms with Crippen molar-refractivity contribution in [3.05, 3.63) is 53.6 Å². The van der Waals surface area contributed by atoms with Crippen LogP contribution < -0.4 is 4.74 Å². The molecule has 0 unspecified atom stereocenters. The minimum Gasteiger partial charge on any atom is -0.406 e. The zero-order chi connectivity index (χ0) is 16.9. The number of alkyl halides is 3. The molecule has 23 heavy (non-hydrogen) atoms. The molecule has 0 amide bonds. The molecule has 0 aliphatic rings. The Hall–Kier alpha value is -2.48. The first-order valence-electron chi connectivity index (χ1n) is 6.67. The maximum absolute atomic E-state index is 12.3. The SMILES string of the molecule is O=C(CO)c1cnc(CCc2ccccc2OC(F)(F)F)nc1. The summed E-state index contributed by atoms with van der Waals surface area (Å²) in [5.74, 6) is -0.381. The Kier molecular flexibility index (Phi) is 5.28. The Morgan fingerprint density at radius 2 is 1.78 bits per heavy atom. The van der Waals surface area contributed by atoms with Crippen molar-refractivity contribution in [2.75, 3.05) is 6.61 Å². The maximum Gasteiger partial charge on any atom is 0.573 e. The second-order valence-corrected chi connectivity index (χ2v) is 4.62. The van der Waals surface area contributed by atoms with E-state index in [1.807, 2.05) is 0 Å². The Balaban J connectivity index is 2.05. The molecule has 0 saturated carbocycles. The minimum absolute atomic E-state index is 0.178. The zero-order valence-corrected chi connectivity index (χ0v) is 11.9. The first-order valence-corrected chi connectivity index (χ1v) is 6.67. The van der Waals surface area contributed by atoms with E-state index in [4.69, 9.17) is 5.11 Å². The number of aryl methyl sites for hydroxylation is 2. The molecule has 0 atom stereocenters. The highest BCUT2D eigenvalue weighted by molar-refractivity contribution is 5.96. The number of carbonyl (C=O) groups is 1. The van der Waals surface area contributed by atoms with Crippen molar-refractivity contribution in [2.24, 2.45) is 0 Å². The summed E-state index contributed by atoms with van der Waals surface area (Å²) in [4.78, 5) is 19.2. The Morgan fingerprint density at radius 1 is 1.13 bits per heavy atom. The number of nitrogens with zero attached hydrogens (tertiary/aromatic N) is 2.